The van der Waals surface area contributed by atoms with Gasteiger partial charge in [0.25, 0.3) is 0 Å². The molecule has 0 bridgehead atoms. The fourth-order valence-corrected chi connectivity index (χ4v) is 1.76. The van der Waals surface area contributed by atoms with Crippen molar-refractivity contribution in [1.29, 1.82) is 0 Å². The molecule has 0 radical (unpaired) electrons. The van der Waals surface area contributed by atoms with Crippen molar-refractivity contribution in [2.75, 3.05) is 25.6 Å². The molecular formula is C9H18N2O5S. The quantitative estimate of drug-likeness (QED) is 0.498. The molecule has 17 heavy (non-hydrogen) atoms. The van der Waals surface area contributed by atoms with E-state index in [2.05, 4.69) is 10.6 Å². The van der Waals surface area contributed by atoms with Gasteiger partial charge in [-0.25, -0.2) is 13.2 Å². The Hall–Kier alpha value is -1.15. The van der Waals surface area contributed by atoms with E-state index in [9.17, 15) is 18.0 Å². The second-order valence-corrected chi connectivity index (χ2v) is 5.99. The summed E-state index contributed by atoms with van der Waals surface area (Å²) in [6.45, 7) is 0.435. The van der Waals surface area contributed by atoms with Crippen molar-refractivity contribution in [3.63, 3.8) is 0 Å². The van der Waals surface area contributed by atoms with Crippen molar-refractivity contribution in [3.8, 4) is 0 Å². The van der Waals surface area contributed by atoms with Gasteiger partial charge in [0.2, 0.25) is 5.91 Å². The summed E-state index contributed by atoms with van der Waals surface area (Å²) in [5.41, 5.74) is 0. The predicted octanol–water partition coefficient (Wildman–Crippen LogP) is -1.40. The van der Waals surface area contributed by atoms with Crippen LogP contribution in [0.15, 0.2) is 0 Å². The first-order valence-corrected chi connectivity index (χ1v) is 7.17. The van der Waals surface area contributed by atoms with Crippen LogP contribution in [-0.2, 0) is 19.4 Å². The summed E-state index contributed by atoms with van der Waals surface area (Å²) in [6.07, 6.45) is 1.05. The first kappa shape index (κ1) is 15.9. The minimum absolute atomic E-state index is 0.126. The second kappa shape index (κ2) is 7.23. The number of aliphatic carboxylic acids is 1. The Morgan fingerprint density at radius 1 is 1.35 bits per heavy atom. The molecule has 0 heterocycles. The van der Waals surface area contributed by atoms with Crippen LogP contribution in [0.25, 0.3) is 0 Å². The summed E-state index contributed by atoms with van der Waals surface area (Å²) in [5, 5.41) is 13.9. The van der Waals surface area contributed by atoms with E-state index in [1.165, 1.54) is 0 Å². The standard InChI is InChI=1S/C9H18N2O5S/c1-10-5-3-8(12)11-7(9(13)14)4-6-17(2,15)16/h7,10H,3-6H2,1-2H3,(H,11,12)(H,13,14). The molecule has 0 saturated carbocycles. The predicted molar refractivity (Wildman–Crippen MR) is 62.4 cm³/mol. The molecule has 1 atom stereocenters. The zero-order valence-electron chi connectivity index (χ0n) is 9.89. The molecule has 3 N–H and O–H groups in total. The Morgan fingerprint density at radius 2 is 1.94 bits per heavy atom. The lowest BCUT2D eigenvalue weighted by Gasteiger charge is -2.13. The van der Waals surface area contributed by atoms with Crippen LogP contribution in [-0.4, -0.2) is 57.0 Å². The highest BCUT2D eigenvalue weighted by molar-refractivity contribution is 7.90. The van der Waals surface area contributed by atoms with Gasteiger partial charge in [-0.2, -0.15) is 0 Å². The molecule has 0 rings (SSSR count). The number of nitrogens with one attached hydrogen (secondary N) is 2. The fourth-order valence-electron chi connectivity index (χ4n) is 1.09. The van der Waals surface area contributed by atoms with Crippen LogP contribution in [0, 0.1) is 0 Å². The Labute approximate surface area is 101 Å². The van der Waals surface area contributed by atoms with Crippen molar-refractivity contribution >= 4 is 21.7 Å². The molecule has 0 aromatic carbocycles. The third-order valence-electron chi connectivity index (χ3n) is 2.01. The minimum atomic E-state index is -3.23. The average Bonchev–Trinajstić information content (AvgIpc) is 2.19. The van der Waals surface area contributed by atoms with E-state index >= 15 is 0 Å². The summed E-state index contributed by atoms with van der Waals surface area (Å²) in [7, 11) is -1.56. The molecule has 0 fully saturated rings. The maximum Gasteiger partial charge on any atom is 0.326 e. The summed E-state index contributed by atoms with van der Waals surface area (Å²) in [4.78, 5) is 22.1. The van der Waals surface area contributed by atoms with Crippen molar-refractivity contribution in [2.24, 2.45) is 0 Å². The fraction of sp³-hybridized carbons (Fsp3) is 0.778. The van der Waals surface area contributed by atoms with Gasteiger partial charge >= 0.3 is 5.97 Å². The number of hydrogen-bond acceptors (Lipinski definition) is 5. The van der Waals surface area contributed by atoms with Crippen LogP contribution >= 0.6 is 0 Å². The molecule has 0 saturated heterocycles. The maximum atomic E-state index is 11.3. The SMILES string of the molecule is CNCCC(=O)NC(CCS(C)(=O)=O)C(=O)O. The van der Waals surface area contributed by atoms with Crippen molar-refractivity contribution in [1.82, 2.24) is 10.6 Å². The van der Waals surface area contributed by atoms with Gasteiger partial charge in [-0.3, -0.25) is 4.79 Å². The summed E-state index contributed by atoms with van der Waals surface area (Å²) < 4.78 is 21.8. The number of carboxylic acids is 1. The van der Waals surface area contributed by atoms with Crippen LogP contribution in [0.2, 0.25) is 0 Å². The summed E-state index contributed by atoms with van der Waals surface area (Å²) in [6, 6.07) is -1.16. The Bertz CT molecular complexity index is 366. The molecule has 0 aromatic rings. The number of rotatable bonds is 8. The van der Waals surface area contributed by atoms with Crippen LogP contribution in [0.4, 0.5) is 0 Å². The minimum Gasteiger partial charge on any atom is -0.480 e. The van der Waals surface area contributed by atoms with Gasteiger partial charge in [0.15, 0.2) is 0 Å². The summed E-state index contributed by atoms with van der Waals surface area (Å²) >= 11 is 0. The van der Waals surface area contributed by atoms with Crippen molar-refractivity contribution < 1.29 is 23.1 Å². The Morgan fingerprint density at radius 3 is 2.35 bits per heavy atom. The third kappa shape index (κ3) is 8.64. The molecule has 0 aliphatic heterocycles. The molecular weight excluding hydrogens is 248 g/mol. The number of carbonyl (C=O) groups is 2. The van der Waals surface area contributed by atoms with Crippen molar-refractivity contribution in [3.05, 3.63) is 0 Å². The molecule has 100 valence electrons. The van der Waals surface area contributed by atoms with Crippen LogP contribution in [0.3, 0.4) is 0 Å². The van der Waals surface area contributed by atoms with E-state index in [0.29, 0.717) is 6.54 Å². The Balaban J connectivity index is 4.25. The Kier molecular flexibility index (Phi) is 6.74. The second-order valence-electron chi connectivity index (χ2n) is 3.73. The molecule has 1 amide bonds. The maximum absolute atomic E-state index is 11.3. The molecule has 1 unspecified atom stereocenters. The van der Waals surface area contributed by atoms with E-state index in [1.54, 1.807) is 7.05 Å². The third-order valence-corrected chi connectivity index (χ3v) is 2.99. The van der Waals surface area contributed by atoms with E-state index in [1.807, 2.05) is 0 Å². The number of carbonyl (C=O) groups excluding carboxylic acids is 1. The molecule has 0 aliphatic rings. The van der Waals surface area contributed by atoms with Gasteiger partial charge in [-0.15, -0.1) is 0 Å². The number of carboxylic acid groups (broad SMARTS) is 1. The lowest BCUT2D eigenvalue weighted by Crippen LogP contribution is -2.42. The number of amides is 1. The monoisotopic (exact) mass is 266 g/mol. The topological polar surface area (TPSA) is 113 Å². The van der Waals surface area contributed by atoms with Gasteiger partial charge in [-0.1, -0.05) is 0 Å². The van der Waals surface area contributed by atoms with Crippen molar-refractivity contribution in [2.45, 2.75) is 18.9 Å². The normalized spacial score (nSPS) is 13.1. The van der Waals surface area contributed by atoms with E-state index in [-0.39, 0.29) is 18.6 Å². The van der Waals surface area contributed by atoms with Crippen LogP contribution in [0.5, 0.6) is 0 Å². The molecule has 0 aliphatic carbocycles. The zero-order chi connectivity index (χ0) is 13.5. The molecule has 0 aromatic heterocycles. The van der Waals surface area contributed by atoms with Crippen LogP contribution < -0.4 is 10.6 Å². The molecule has 0 spiro atoms. The van der Waals surface area contributed by atoms with E-state index < -0.39 is 27.8 Å². The first-order valence-electron chi connectivity index (χ1n) is 5.10. The lowest BCUT2D eigenvalue weighted by atomic mass is 10.2. The summed E-state index contributed by atoms with van der Waals surface area (Å²) in [5.74, 6) is -1.91. The van der Waals surface area contributed by atoms with Gasteiger partial charge in [0, 0.05) is 19.2 Å². The number of hydrogen-bond donors (Lipinski definition) is 3. The highest BCUT2D eigenvalue weighted by atomic mass is 32.2. The first-order chi connectivity index (χ1) is 7.76. The van der Waals surface area contributed by atoms with Gasteiger partial charge in [-0.05, 0) is 13.5 Å². The zero-order valence-corrected chi connectivity index (χ0v) is 10.7. The smallest absolute Gasteiger partial charge is 0.326 e. The van der Waals surface area contributed by atoms with Crippen LogP contribution in [0.1, 0.15) is 12.8 Å². The average molecular weight is 266 g/mol. The van der Waals surface area contributed by atoms with Gasteiger partial charge < -0.3 is 15.7 Å². The highest BCUT2D eigenvalue weighted by Crippen LogP contribution is 1.97. The lowest BCUT2D eigenvalue weighted by molar-refractivity contribution is -0.141. The van der Waals surface area contributed by atoms with Gasteiger partial charge in [0.1, 0.15) is 15.9 Å². The van der Waals surface area contributed by atoms with E-state index in [0.717, 1.165) is 6.26 Å². The van der Waals surface area contributed by atoms with Gasteiger partial charge in [0.05, 0.1) is 5.75 Å². The number of sulfone groups is 1. The molecule has 8 heteroatoms. The van der Waals surface area contributed by atoms with E-state index in [4.69, 9.17) is 5.11 Å². The molecule has 7 nitrogen and oxygen atoms in total. The largest absolute Gasteiger partial charge is 0.480 e. The highest BCUT2D eigenvalue weighted by Gasteiger charge is 2.21.